The Labute approximate surface area is 183 Å². The van der Waals surface area contributed by atoms with Crippen molar-refractivity contribution < 1.29 is 4.79 Å². The fraction of sp³-hybridized carbons (Fsp3) is 0.190. The molecule has 2 atom stereocenters. The second-order valence-electron chi connectivity index (χ2n) is 6.63. The van der Waals surface area contributed by atoms with Crippen molar-refractivity contribution in [2.45, 2.75) is 18.5 Å². The van der Waals surface area contributed by atoms with E-state index in [9.17, 15) is 4.79 Å². The molecule has 1 aliphatic rings. The van der Waals surface area contributed by atoms with Gasteiger partial charge in [0.1, 0.15) is 0 Å². The topological polar surface area (TPSA) is 57.3 Å². The summed E-state index contributed by atoms with van der Waals surface area (Å²) < 4.78 is 0.722. The number of amides is 1. The average Bonchev–Trinajstić information content (AvgIpc) is 3.30. The number of thiocarbonyl (C=S) groups is 1. The monoisotopic (exact) mass is 442 g/mol. The van der Waals surface area contributed by atoms with Crippen LogP contribution in [0.4, 0.5) is 5.69 Å². The third-order valence-corrected chi connectivity index (χ3v) is 6.37. The molecular weight excluding hydrogens is 424 g/mol. The molecule has 0 spiro atoms. The van der Waals surface area contributed by atoms with Crippen molar-refractivity contribution in [2.24, 2.45) is 0 Å². The zero-order valence-corrected chi connectivity index (χ0v) is 17.8. The molecule has 3 heterocycles. The minimum Gasteiger partial charge on any atom is -0.352 e. The van der Waals surface area contributed by atoms with Gasteiger partial charge in [0.25, 0.3) is 0 Å². The Hall–Kier alpha value is -2.48. The SMILES string of the molecule is O=C(CCN1C(=S)N[C@@H](c2ccccn2)[C@H]1c1ccc(Cl)s1)Nc1ccccc1. The lowest BCUT2D eigenvalue weighted by molar-refractivity contribution is -0.116. The molecule has 0 saturated carbocycles. The number of halogens is 1. The van der Waals surface area contributed by atoms with Gasteiger partial charge in [0, 0.05) is 29.7 Å². The van der Waals surface area contributed by atoms with E-state index < -0.39 is 0 Å². The Morgan fingerprint density at radius 2 is 1.97 bits per heavy atom. The molecule has 4 rings (SSSR count). The Balaban J connectivity index is 1.52. The van der Waals surface area contributed by atoms with E-state index >= 15 is 0 Å². The molecule has 2 N–H and O–H groups in total. The number of hydrogen-bond donors (Lipinski definition) is 2. The van der Waals surface area contributed by atoms with Gasteiger partial charge in [0.15, 0.2) is 5.11 Å². The Morgan fingerprint density at radius 3 is 2.66 bits per heavy atom. The second kappa shape index (κ2) is 8.90. The molecule has 1 aliphatic heterocycles. The molecule has 1 amide bonds. The summed E-state index contributed by atoms with van der Waals surface area (Å²) in [6, 6.07) is 19.0. The van der Waals surface area contributed by atoms with Gasteiger partial charge in [-0.1, -0.05) is 35.9 Å². The first-order valence-corrected chi connectivity index (χ1v) is 10.8. The van der Waals surface area contributed by atoms with Gasteiger partial charge in [-0.25, -0.2) is 0 Å². The number of benzene rings is 1. The number of para-hydroxylation sites is 1. The highest BCUT2D eigenvalue weighted by Gasteiger charge is 2.40. The number of carbonyl (C=O) groups is 1. The third kappa shape index (κ3) is 4.58. The van der Waals surface area contributed by atoms with Crippen LogP contribution in [0.15, 0.2) is 66.9 Å². The maximum atomic E-state index is 12.4. The van der Waals surface area contributed by atoms with E-state index in [4.69, 9.17) is 23.8 Å². The molecule has 1 aromatic carbocycles. The summed E-state index contributed by atoms with van der Waals surface area (Å²) in [5.41, 5.74) is 1.69. The van der Waals surface area contributed by atoms with Crippen molar-refractivity contribution in [2.75, 3.05) is 11.9 Å². The van der Waals surface area contributed by atoms with Crippen LogP contribution in [0.2, 0.25) is 4.34 Å². The number of carbonyl (C=O) groups excluding carboxylic acids is 1. The molecule has 0 radical (unpaired) electrons. The van der Waals surface area contributed by atoms with Gasteiger partial charge >= 0.3 is 0 Å². The first kappa shape index (κ1) is 19.8. The molecule has 0 unspecified atom stereocenters. The first-order valence-electron chi connectivity index (χ1n) is 9.20. The summed E-state index contributed by atoms with van der Waals surface area (Å²) in [7, 11) is 0. The van der Waals surface area contributed by atoms with Gasteiger partial charge in [0.2, 0.25) is 5.91 Å². The summed E-state index contributed by atoms with van der Waals surface area (Å²) in [5.74, 6) is -0.0525. The van der Waals surface area contributed by atoms with E-state index in [1.807, 2.05) is 60.7 Å². The second-order valence-corrected chi connectivity index (χ2v) is 8.76. The van der Waals surface area contributed by atoms with Crippen molar-refractivity contribution in [3.63, 3.8) is 0 Å². The summed E-state index contributed by atoms with van der Waals surface area (Å²) in [5, 5.41) is 6.91. The molecule has 148 valence electrons. The predicted octanol–water partition coefficient (Wildman–Crippen LogP) is 4.80. The smallest absolute Gasteiger partial charge is 0.226 e. The van der Waals surface area contributed by atoms with Crippen LogP contribution in [-0.4, -0.2) is 27.4 Å². The van der Waals surface area contributed by atoms with Gasteiger partial charge < -0.3 is 15.5 Å². The molecule has 2 aromatic heterocycles. The zero-order chi connectivity index (χ0) is 20.2. The molecule has 0 aliphatic carbocycles. The molecule has 5 nitrogen and oxygen atoms in total. The average molecular weight is 443 g/mol. The quantitative estimate of drug-likeness (QED) is 0.537. The minimum atomic E-state index is -0.101. The molecule has 0 bridgehead atoms. The molecule has 3 aromatic rings. The van der Waals surface area contributed by atoms with E-state index in [1.165, 1.54) is 11.3 Å². The fourth-order valence-electron chi connectivity index (χ4n) is 3.41. The zero-order valence-electron chi connectivity index (χ0n) is 15.4. The normalized spacial score (nSPS) is 18.5. The number of anilines is 1. The van der Waals surface area contributed by atoms with Crippen LogP contribution in [-0.2, 0) is 4.79 Å². The van der Waals surface area contributed by atoms with Crippen LogP contribution < -0.4 is 10.6 Å². The predicted molar refractivity (Wildman–Crippen MR) is 121 cm³/mol. The summed E-state index contributed by atoms with van der Waals surface area (Å²) in [6.45, 7) is 0.494. The van der Waals surface area contributed by atoms with Crippen LogP contribution in [0.25, 0.3) is 0 Å². The number of rotatable bonds is 6. The molecule has 1 fully saturated rings. The van der Waals surface area contributed by atoms with E-state index in [0.717, 1.165) is 20.6 Å². The van der Waals surface area contributed by atoms with Crippen LogP contribution in [0.1, 0.15) is 29.1 Å². The lowest BCUT2D eigenvalue weighted by Crippen LogP contribution is -2.32. The summed E-state index contributed by atoms with van der Waals surface area (Å²) >= 11 is 13.3. The lowest BCUT2D eigenvalue weighted by Gasteiger charge is -2.26. The van der Waals surface area contributed by atoms with Crippen LogP contribution in [0.5, 0.6) is 0 Å². The van der Waals surface area contributed by atoms with Crippen molar-refractivity contribution >= 4 is 51.9 Å². The van der Waals surface area contributed by atoms with E-state index in [2.05, 4.69) is 20.5 Å². The highest BCUT2D eigenvalue weighted by molar-refractivity contribution is 7.80. The number of pyridine rings is 1. The Kier molecular flexibility index (Phi) is 6.08. The van der Waals surface area contributed by atoms with Crippen molar-refractivity contribution in [1.29, 1.82) is 0 Å². The van der Waals surface area contributed by atoms with Crippen molar-refractivity contribution in [3.8, 4) is 0 Å². The van der Waals surface area contributed by atoms with E-state index in [1.54, 1.807) is 6.20 Å². The number of nitrogens with zero attached hydrogens (tertiary/aromatic N) is 2. The molecule has 8 heteroatoms. The van der Waals surface area contributed by atoms with Gasteiger partial charge in [-0.15, -0.1) is 11.3 Å². The number of hydrogen-bond acceptors (Lipinski definition) is 4. The Bertz CT molecular complexity index is 996. The fourth-order valence-corrected chi connectivity index (χ4v) is 4.95. The van der Waals surface area contributed by atoms with Crippen molar-refractivity contribution in [1.82, 2.24) is 15.2 Å². The summed E-state index contributed by atoms with van der Waals surface area (Å²) in [4.78, 5) is 20.1. The lowest BCUT2D eigenvalue weighted by atomic mass is 10.0. The molecular formula is C21H19ClN4OS2. The largest absolute Gasteiger partial charge is 0.352 e. The highest BCUT2D eigenvalue weighted by Crippen LogP contribution is 2.42. The van der Waals surface area contributed by atoms with Crippen LogP contribution in [0.3, 0.4) is 0 Å². The van der Waals surface area contributed by atoms with Gasteiger partial charge in [-0.05, 0) is 48.6 Å². The van der Waals surface area contributed by atoms with Gasteiger partial charge in [0.05, 0.1) is 22.1 Å². The van der Waals surface area contributed by atoms with Crippen molar-refractivity contribution in [3.05, 3.63) is 81.8 Å². The minimum absolute atomic E-state index is 0.0525. The maximum absolute atomic E-state index is 12.4. The van der Waals surface area contributed by atoms with E-state index in [0.29, 0.717) is 18.1 Å². The standard InChI is InChI=1S/C21H19ClN4OS2/c22-17-10-9-16(29-17)20-19(15-8-4-5-12-23-15)25-21(28)26(20)13-11-18(27)24-14-6-2-1-3-7-14/h1-10,12,19-20H,11,13H2,(H,24,27)(H,25,28)/t19-,20+/m0/s1. The van der Waals surface area contributed by atoms with E-state index in [-0.39, 0.29) is 18.0 Å². The Morgan fingerprint density at radius 1 is 1.17 bits per heavy atom. The maximum Gasteiger partial charge on any atom is 0.226 e. The summed E-state index contributed by atoms with van der Waals surface area (Å²) in [6.07, 6.45) is 2.09. The number of aromatic nitrogens is 1. The van der Waals surface area contributed by atoms with Gasteiger partial charge in [-0.3, -0.25) is 9.78 Å². The third-order valence-electron chi connectivity index (χ3n) is 4.72. The number of thiophene rings is 1. The molecule has 1 saturated heterocycles. The number of nitrogens with one attached hydrogen (secondary N) is 2. The highest BCUT2D eigenvalue weighted by atomic mass is 35.5. The van der Waals surface area contributed by atoms with Crippen LogP contribution >= 0.6 is 35.2 Å². The van der Waals surface area contributed by atoms with Crippen LogP contribution in [0, 0.1) is 0 Å². The molecule has 29 heavy (non-hydrogen) atoms. The first-order chi connectivity index (χ1) is 14.1. The van der Waals surface area contributed by atoms with Gasteiger partial charge in [-0.2, -0.15) is 0 Å².